The fourth-order valence-corrected chi connectivity index (χ4v) is 2.24. The summed E-state index contributed by atoms with van der Waals surface area (Å²) in [7, 11) is 0. The van der Waals surface area contributed by atoms with Gasteiger partial charge in [0.05, 0.1) is 0 Å². The van der Waals surface area contributed by atoms with Crippen molar-refractivity contribution in [1.82, 2.24) is 15.2 Å². The van der Waals surface area contributed by atoms with Crippen molar-refractivity contribution in [1.29, 1.82) is 0 Å². The van der Waals surface area contributed by atoms with Gasteiger partial charge in [-0.3, -0.25) is 9.59 Å². The van der Waals surface area contributed by atoms with Gasteiger partial charge in [-0.15, -0.1) is 0 Å². The number of pyridine rings is 1. The molecular formula is C14H19N3O2. The lowest BCUT2D eigenvalue weighted by molar-refractivity contribution is -0.127. The Balaban J connectivity index is 1.89. The summed E-state index contributed by atoms with van der Waals surface area (Å²) in [6.07, 6.45) is 1.54. The first-order valence-corrected chi connectivity index (χ1v) is 6.58. The minimum absolute atomic E-state index is 0.0723. The maximum atomic E-state index is 12.0. The molecule has 1 saturated heterocycles. The maximum Gasteiger partial charge on any atom is 0.270 e. The highest BCUT2D eigenvalue weighted by Gasteiger charge is 2.22. The van der Waals surface area contributed by atoms with Gasteiger partial charge >= 0.3 is 0 Å². The van der Waals surface area contributed by atoms with E-state index in [0.29, 0.717) is 18.7 Å². The molecule has 1 aromatic rings. The Bertz CT molecular complexity index is 487. The van der Waals surface area contributed by atoms with Gasteiger partial charge in [0.1, 0.15) is 5.69 Å². The molecule has 1 atom stereocenters. The van der Waals surface area contributed by atoms with Crippen molar-refractivity contribution >= 4 is 11.8 Å². The Morgan fingerprint density at radius 2 is 2.32 bits per heavy atom. The summed E-state index contributed by atoms with van der Waals surface area (Å²) in [5, 5.41) is 2.88. The third-order valence-corrected chi connectivity index (χ3v) is 3.16. The molecule has 2 rings (SSSR count). The normalized spacial score (nSPS) is 16.5. The first kappa shape index (κ1) is 13.5. The minimum atomic E-state index is -0.192. The molecule has 102 valence electrons. The van der Waals surface area contributed by atoms with E-state index < -0.39 is 0 Å². The summed E-state index contributed by atoms with van der Waals surface area (Å²) in [4.78, 5) is 29.5. The van der Waals surface area contributed by atoms with Crippen LogP contribution in [0.1, 0.15) is 35.9 Å². The second-order valence-electron chi connectivity index (χ2n) is 4.98. The van der Waals surface area contributed by atoms with Gasteiger partial charge in [0.25, 0.3) is 5.91 Å². The van der Waals surface area contributed by atoms with E-state index in [1.165, 1.54) is 0 Å². The van der Waals surface area contributed by atoms with Crippen molar-refractivity contribution in [2.75, 3.05) is 13.1 Å². The van der Waals surface area contributed by atoms with Gasteiger partial charge in [0, 0.05) is 31.2 Å². The molecule has 1 aromatic heterocycles. The maximum absolute atomic E-state index is 12.0. The Kier molecular flexibility index (Phi) is 4.14. The number of aryl methyl sites for hydroxylation is 1. The predicted molar refractivity (Wildman–Crippen MR) is 71.7 cm³/mol. The SMILES string of the molecule is Cc1cccc(C(=O)N[C@@H](C)CN2CCCC2=O)n1. The summed E-state index contributed by atoms with van der Waals surface area (Å²) >= 11 is 0. The van der Waals surface area contributed by atoms with Crippen LogP contribution < -0.4 is 5.32 Å². The second kappa shape index (κ2) is 5.82. The number of likely N-dealkylation sites (tertiary alicyclic amines) is 1. The molecule has 0 radical (unpaired) electrons. The summed E-state index contributed by atoms with van der Waals surface area (Å²) < 4.78 is 0. The Hall–Kier alpha value is -1.91. The van der Waals surface area contributed by atoms with Gasteiger partial charge in [0.2, 0.25) is 5.91 Å². The minimum Gasteiger partial charge on any atom is -0.346 e. The molecule has 5 nitrogen and oxygen atoms in total. The van der Waals surface area contributed by atoms with Crippen LogP contribution in [0.5, 0.6) is 0 Å². The molecule has 0 aliphatic carbocycles. The zero-order chi connectivity index (χ0) is 13.8. The zero-order valence-corrected chi connectivity index (χ0v) is 11.3. The molecule has 0 unspecified atom stereocenters. The monoisotopic (exact) mass is 261 g/mol. The highest BCUT2D eigenvalue weighted by molar-refractivity contribution is 5.92. The number of rotatable bonds is 4. The number of aromatic nitrogens is 1. The smallest absolute Gasteiger partial charge is 0.270 e. The highest BCUT2D eigenvalue weighted by Crippen LogP contribution is 2.10. The van der Waals surface area contributed by atoms with Gasteiger partial charge in [-0.1, -0.05) is 6.07 Å². The lowest BCUT2D eigenvalue weighted by Gasteiger charge is -2.21. The summed E-state index contributed by atoms with van der Waals surface area (Å²) in [6, 6.07) is 5.28. The van der Waals surface area contributed by atoms with E-state index in [9.17, 15) is 9.59 Å². The van der Waals surface area contributed by atoms with E-state index in [1.54, 1.807) is 11.0 Å². The van der Waals surface area contributed by atoms with E-state index in [2.05, 4.69) is 10.3 Å². The lowest BCUT2D eigenvalue weighted by Crippen LogP contribution is -2.42. The standard InChI is InChI=1S/C14H19N3O2/c1-10-5-3-6-12(15-10)14(19)16-11(2)9-17-8-4-7-13(17)18/h3,5-6,11H,4,7-9H2,1-2H3,(H,16,19)/t11-/m0/s1. The molecule has 1 aliphatic rings. The van der Waals surface area contributed by atoms with Gasteiger partial charge in [-0.05, 0) is 32.4 Å². The molecule has 2 heterocycles. The van der Waals surface area contributed by atoms with Crippen LogP contribution in [0.4, 0.5) is 0 Å². The molecule has 0 aromatic carbocycles. The van der Waals surface area contributed by atoms with Crippen LogP contribution in [0.3, 0.4) is 0 Å². The zero-order valence-electron chi connectivity index (χ0n) is 11.3. The van der Waals surface area contributed by atoms with Crippen LogP contribution in [-0.4, -0.2) is 40.8 Å². The fraction of sp³-hybridized carbons (Fsp3) is 0.500. The molecule has 0 spiro atoms. The number of amides is 2. The van der Waals surface area contributed by atoms with Gasteiger partial charge in [-0.25, -0.2) is 4.98 Å². The molecular weight excluding hydrogens is 242 g/mol. The van der Waals surface area contributed by atoms with Gasteiger partial charge in [-0.2, -0.15) is 0 Å². The quantitative estimate of drug-likeness (QED) is 0.883. The number of nitrogens with one attached hydrogen (secondary N) is 1. The molecule has 2 amide bonds. The third kappa shape index (κ3) is 3.53. The molecule has 1 aliphatic heterocycles. The van der Waals surface area contributed by atoms with Crippen molar-refractivity contribution in [3.05, 3.63) is 29.6 Å². The van der Waals surface area contributed by atoms with Gasteiger partial charge < -0.3 is 10.2 Å². The van der Waals surface area contributed by atoms with Crippen LogP contribution in [0.2, 0.25) is 0 Å². The largest absolute Gasteiger partial charge is 0.346 e. The van der Waals surface area contributed by atoms with Crippen LogP contribution in [-0.2, 0) is 4.79 Å². The number of nitrogens with zero attached hydrogens (tertiary/aromatic N) is 2. The molecule has 0 saturated carbocycles. The molecule has 1 fully saturated rings. The molecule has 5 heteroatoms. The lowest BCUT2D eigenvalue weighted by atomic mass is 10.2. The van der Waals surface area contributed by atoms with Crippen LogP contribution in [0, 0.1) is 6.92 Å². The average Bonchev–Trinajstić information content (AvgIpc) is 2.75. The fourth-order valence-electron chi connectivity index (χ4n) is 2.24. The Morgan fingerprint density at radius 3 is 2.95 bits per heavy atom. The number of carbonyl (C=O) groups excluding carboxylic acids is 2. The van der Waals surface area contributed by atoms with Crippen molar-refractivity contribution < 1.29 is 9.59 Å². The van der Waals surface area contributed by atoms with E-state index in [0.717, 1.165) is 18.7 Å². The Morgan fingerprint density at radius 1 is 1.53 bits per heavy atom. The second-order valence-corrected chi connectivity index (χ2v) is 4.98. The van der Waals surface area contributed by atoms with Crippen molar-refractivity contribution in [3.8, 4) is 0 Å². The number of hydrogen-bond donors (Lipinski definition) is 1. The van der Waals surface area contributed by atoms with Gasteiger partial charge in [0.15, 0.2) is 0 Å². The first-order chi connectivity index (χ1) is 9.06. The molecule has 1 N–H and O–H groups in total. The molecule has 19 heavy (non-hydrogen) atoms. The van der Waals surface area contributed by atoms with Crippen molar-refractivity contribution in [3.63, 3.8) is 0 Å². The highest BCUT2D eigenvalue weighted by atomic mass is 16.2. The van der Waals surface area contributed by atoms with E-state index >= 15 is 0 Å². The number of carbonyl (C=O) groups is 2. The van der Waals surface area contributed by atoms with E-state index in [1.807, 2.05) is 26.0 Å². The Labute approximate surface area is 113 Å². The van der Waals surface area contributed by atoms with Crippen molar-refractivity contribution in [2.24, 2.45) is 0 Å². The topological polar surface area (TPSA) is 62.3 Å². The first-order valence-electron chi connectivity index (χ1n) is 6.58. The third-order valence-electron chi connectivity index (χ3n) is 3.16. The van der Waals surface area contributed by atoms with E-state index in [-0.39, 0.29) is 17.9 Å². The number of hydrogen-bond acceptors (Lipinski definition) is 3. The molecule has 0 bridgehead atoms. The van der Waals surface area contributed by atoms with Crippen LogP contribution in [0.25, 0.3) is 0 Å². The summed E-state index contributed by atoms with van der Waals surface area (Å²) in [5.41, 5.74) is 1.23. The van der Waals surface area contributed by atoms with Crippen LogP contribution >= 0.6 is 0 Å². The summed E-state index contributed by atoms with van der Waals surface area (Å²) in [6.45, 7) is 5.11. The van der Waals surface area contributed by atoms with E-state index in [4.69, 9.17) is 0 Å². The van der Waals surface area contributed by atoms with Crippen LogP contribution in [0.15, 0.2) is 18.2 Å². The average molecular weight is 261 g/mol. The predicted octanol–water partition coefficient (Wildman–Crippen LogP) is 1.13. The van der Waals surface area contributed by atoms with Crippen molar-refractivity contribution in [2.45, 2.75) is 32.7 Å². The summed E-state index contributed by atoms with van der Waals surface area (Å²) in [5.74, 6) is -0.0161.